The standard InChI is InChI=1S/C19H18FNO6S/c1-10(2)26-15-8-13-14(9-16(15)28(24,25)21-3)27-18(17(13)19(22)23)11-4-6-12(20)7-5-11/h4-10,21H,1-3H3,(H,22,23). The molecule has 0 saturated carbocycles. The molecule has 0 spiro atoms. The first-order valence-electron chi connectivity index (χ1n) is 8.34. The van der Waals surface area contributed by atoms with E-state index in [1.807, 2.05) is 0 Å². The fourth-order valence-corrected chi connectivity index (χ4v) is 3.64. The minimum Gasteiger partial charge on any atom is -0.490 e. The second-order valence-electron chi connectivity index (χ2n) is 6.29. The third-order valence-corrected chi connectivity index (χ3v) is 5.43. The lowest BCUT2D eigenvalue weighted by atomic mass is 10.1. The molecule has 0 atom stereocenters. The van der Waals surface area contributed by atoms with Gasteiger partial charge < -0.3 is 14.3 Å². The molecule has 0 amide bonds. The Morgan fingerprint density at radius 3 is 2.39 bits per heavy atom. The van der Waals surface area contributed by atoms with E-state index >= 15 is 0 Å². The van der Waals surface area contributed by atoms with Crippen LogP contribution in [0.5, 0.6) is 5.75 Å². The van der Waals surface area contributed by atoms with Gasteiger partial charge >= 0.3 is 5.97 Å². The van der Waals surface area contributed by atoms with Crippen LogP contribution < -0.4 is 9.46 Å². The van der Waals surface area contributed by atoms with Crippen molar-refractivity contribution in [3.63, 3.8) is 0 Å². The van der Waals surface area contributed by atoms with E-state index in [2.05, 4.69) is 4.72 Å². The van der Waals surface area contributed by atoms with Crippen LogP contribution in [-0.4, -0.2) is 32.6 Å². The van der Waals surface area contributed by atoms with E-state index in [0.717, 1.165) is 0 Å². The molecule has 1 heterocycles. The normalized spacial score (nSPS) is 11.9. The topological polar surface area (TPSA) is 106 Å². The summed E-state index contributed by atoms with van der Waals surface area (Å²) in [6.07, 6.45) is -0.347. The molecule has 2 aromatic carbocycles. The number of carboxylic acid groups (broad SMARTS) is 1. The van der Waals surface area contributed by atoms with Gasteiger partial charge in [0.1, 0.15) is 33.4 Å². The molecule has 28 heavy (non-hydrogen) atoms. The van der Waals surface area contributed by atoms with Gasteiger partial charge in [0.05, 0.1) is 6.10 Å². The Labute approximate surface area is 160 Å². The number of carboxylic acids is 1. The average molecular weight is 407 g/mol. The molecule has 0 saturated heterocycles. The van der Waals surface area contributed by atoms with E-state index in [0.29, 0.717) is 5.56 Å². The van der Waals surface area contributed by atoms with Crippen molar-refractivity contribution in [2.24, 2.45) is 0 Å². The maximum Gasteiger partial charge on any atom is 0.340 e. The highest BCUT2D eigenvalue weighted by Crippen LogP contribution is 2.38. The van der Waals surface area contributed by atoms with Gasteiger partial charge in [-0.2, -0.15) is 0 Å². The van der Waals surface area contributed by atoms with Gasteiger partial charge in [0.25, 0.3) is 0 Å². The predicted octanol–water partition coefficient (Wildman–Crippen LogP) is 3.63. The molecule has 0 radical (unpaired) electrons. The van der Waals surface area contributed by atoms with Crippen LogP contribution in [0.4, 0.5) is 4.39 Å². The number of halogens is 1. The van der Waals surface area contributed by atoms with E-state index in [4.69, 9.17) is 9.15 Å². The van der Waals surface area contributed by atoms with Crippen molar-refractivity contribution < 1.29 is 31.9 Å². The highest BCUT2D eigenvalue weighted by Gasteiger charge is 2.27. The molecule has 9 heteroatoms. The number of nitrogens with one attached hydrogen (secondary N) is 1. The molecule has 0 aliphatic heterocycles. The van der Waals surface area contributed by atoms with E-state index in [-0.39, 0.29) is 39.0 Å². The molecule has 0 aliphatic carbocycles. The lowest BCUT2D eigenvalue weighted by Crippen LogP contribution is -2.20. The van der Waals surface area contributed by atoms with Crippen molar-refractivity contribution in [3.05, 3.63) is 47.8 Å². The highest BCUT2D eigenvalue weighted by molar-refractivity contribution is 7.89. The van der Waals surface area contributed by atoms with Crippen molar-refractivity contribution in [1.29, 1.82) is 0 Å². The molecule has 3 aromatic rings. The number of furan rings is 1. The zero-order valence-electron chi connectivity index (χ0n) is 15.3. The Morgan fingerprint density at radius 2 is 1.86 bits per heavy atom. The first-order valence-corrected chi connectivity index (χ1v) is 9.82. The lowest BCUT2D eigenvalue weighted by molar-refractivity contribution is 0.0699. The summed E-state index contributed by atoms with van der Waals surface area (Å²) in [6.45, 7) is 3.44. The average Bonchev–Trinajstić information content (AvgIpc) is 2.99. The molecule has 3 rings (SSSR count). The smallest absolute Gasteiger partial charge is 0.340 e. The number of carbonyl (C=O) groups is 1. The SMILES string of the molecule is CNS(=O)(=O)c1cc2oc(-c3ccc(F)cc3)c(C(=O)O)c2cc1OC(C)C. The summed E-state index contributed by atoms with van der Waals surface area (Å²) < 4.78 is 51.5. The van der Waals surface area contributed by atoms with Crippen LogP contribution in [-0.2, 0) is 10.0 Å². The molecule has 2 N–H and O–H groups in total. The van der Waals surface area contributed by atoms with Gasteiger partial charge in [-0.1, -0.05) is 0 Å². The fraction of sp³-hybridized carbons (Fsp3) is 0.211. The van der Waals surface area contributed by atoms with Crippen molar-refractivity contribution in [2.45, 2.75) is 24.8 Å². The zero-order chi connectivity index (χ0) is 20.6. The first-order chi connectivity index (χ1) is 13.1. The predicted molar refractivity (Wildman–Crippen MR) is 101 cm³/mol. The Bertz CT molecular complexity index is 1150. The highest BCUT2D eigenvalue weighted by atomic mass is 32.2. The largest absolute Gasteiger partial charge is 0.490 e. The molecule has 148 valence electrons. The maximum atomic E-state index is 13.2. The second-order valence-corrected chi connectivity index (χ2v) is 8.14. The number of aromatic carboxylic acids is 1. The number of ether oxygens (including phenoxy) is 1. The number of benzene rings is 2. The van der Waals surface area contributed by atoms with E-state index in [9.17, 15) is 22.7 Å². The van der Waals surface area contributed by atoms with E-state index < -0.39 is 21.8 Å². The van der Waals surface area contributed by atoms with Crippen LogP contribution in [0.1, 0.15) is 24.2 Å². The third-order valence-electron chi connectivity index (χ3n) is 4.00. The van der Waals surface area contributed by atoms with Gasteiger partial charge in [-0.3, -0.25) is 0 Å². The first kappa shape index (κ1) is 19.8. The van der Waals surface area contributed by atoms with E-state index in [1.165, 1.54) is 43.4 Å². The van der Waals surface area contributed by atoms with Crippen LogP contribution in [0, 0.1) is 5.82 Å². The van der Waals surface area contributed by atoms with E-state index in [1.54, 1.807) is 13.8 Å². The Morgan fingerprint density at radius 1 is 1.21 bits per heavy atom. The number of sulfonamides is 1. The number of fused-ring (bicyclic) bond motifs is 1. The van der Waals surface area contributed by atoms with Crippen LogP contribution in [0.3, 0.4) is 0 Å². The van der Waals surface area contributed by atoms with Crippen molar-refractivity contribution >= 4 is 27.0 Å². The fourth-order valence-electron chi connectivity index (χ4n) is 2.79. The Balaban J connectivity index is 2.35. The molecular weight excluding hydrogens is 389 g/mol. The summed E-state index contributed by atoms with van der Waals surface area (Å²) in [6, 6.07) is 7.68. The van der Waals surface area contributed by atoms with Crippen molar-refractivity contribution in [3.8, 4) is 17.1 Å². The molecule has 1 aromatic heterocycles. The second kappa shape index (κ2) is 7.25. The lowest BCUT2D eigenvalue weighted by Gasteiger charge is -2.14. The summed E-state index contributed by atoms with van der Waals surface area (Å²) in [5.41, 5.74) is 0.240. The number of rotatable bonds is 6. The zero-order valence-corrected chi connectivity index (χ0v) is 16.1. The summed E-state index contributed by atoms with van der Waals surface area (Å²) in [4.78, 5) is 11.7. The number of hydrogen-bond donors (Lipinski definition) is 2. The molecule has 0 fully saturated rings. The van der Waals surface area contributed by atoms with Crippen molar-refractivity contribution in [1.82, 2.24) is 4.72 Å². The van der Waals surface area contributed by atoms with Gasteiger partial charge in [0, 0.05) is 17.0 Å². The monoisotopic (exact) mass is 407 g/mol. The van der Waals surface area contributed by atoms with Gasteiger partial charge in [-0.15, -0.1) is 0 Å². The molecule has 0 unspecified atom stereocenters. The van der Waals surface area contributed by atoms with Crippen LogP contribution in [0.2, 0.25) is 0 Å². The molecule has 0 bridgehead atoms. The van der Waals surface area contributed by atoms with Gasteiger partial charge in [-0.05, 0) is 51.2 Å². The summed E-state index contributed by atoms with van der Waals surface area (Å²) in [5.74, 6) is -1.74. The summed E-state index contributed by atoms with van der Waals surface area (Å²) in [7, 11) is -2.63. The molecule has 7 nitrogen and oxygen atoms in total. The molecular formula is C19H18FNO6S. The van der Waals surface area contributed by atoms with Gasteiger partial charge in [0.2, 0.25) is 10.0 Å². The maximum absolute atomic E-state index is 13.2. The Hall–Kier alpha value is -2.91. The van der Waals surface area contributed by atoms with Crippen LogP contribution in [0.25, 0.3) is 22.3 Å². The summed E-state index contributed by atoms with van der Waals surface area (Å²) in [5, 5.41) is 9.89. The van der Waals surface area contributed by atoms with Gasteiger partial charge in [-0.25, -0.2) is 22.3 Å². The third kappa shape index (κ3) is 3.58. The molecule has 0 aliphatic rings. The van der Waals surface area contributed by atoms with Gasteiger partial charge in [0.15, 0.2) is 0 Å². The minimum absolute atomic E-state index is 0.00278. The van der Waals surface area contributed by atoms with Crippen LogP contribution >= 0.6 is 0 Å². The quantitative estimate of drug-likeness (QED) is 0.646. The number of hydrogen-bond acceptors (Lipinski definition) is 5. The minimum atomic E-state index is -3.89. The Kier molecular flexibility index (Phi) is 5.14. The van der Waals surface area contributed by atoms with Crippen LogP contribution in [0.15, 0.2) is 45.7 Å². The van der Waals surface area contributed by atoms with Crippen molar-refractivity contribution in [2.75, 3.05) is 7.05 Å². The summed E-state index contributed by atoms with van der Waals surface area (Å²) >= 11 is 0.